The Labute approximate surface area is 123 Å². The van der Waals surface area contributed by atoms with E-state index in [0.717, 1.165) is 0 Å². The van der Waals surface area contributed by atoms with Gasteiger partial charge in [-0.15, -0.1) is 0 Å². The number of amides is 1. The molecule has 0 aromatic rings. The van der Waals surface area contributed by atoms with Gasteiger partial charge in [-0.1, -0.05) is 27.7 Å². The lowest BCUT2D eigenvalue weighted by atomic mass is 10.1. The lowest BCUT2D eigenvalue weighted by Crippen LogP contribution is -2.27. The lowest BCUT2D eigenvalue weighted by molar-refractivity contribution is 0.108. The van der Waals surface area contributed by atoms with E-state index in [1.165, 1.54) is 0 Å². The predicted octanol–water partition coefficient (Wildman–Crippen LogP) is 3.16. The fraction of sp³-hybridized carbons (Fsp3) is 0.867. The summed E-state index contributed by atoms with van der Waals surface area (Å²) < 4.78 is 5.09. The molecule has 116 valence electrons. The zero-order valence-corrected chi connectivity index (χ0v) is 13.8. The normalized spacial score (nSPS) is 25.4. The minimum absolute atomic E-state index is 0.0624. The zero-order valence-electron chi connectivity index (χ0n) is 13.8. The van der Waals surface area contributed by atoms with Crippen LogP contribution in [0.3, 0.4) is 0 Å². The second-order valence-electron chi connectivity index (χ2n) is 6.10. The Morgan fingerprint density at radius 3 is 2.25 bits per heavy atom. The van der Waals surface area contributed by atoms with Crippen molar-refractivity contribution in [2.75, 3.05) is 6.61 Å². The molecule has 1 amide bonds. The minimum Gasteiger partial charge on any atom is -0.449 e. The maximum absolute atomic E-state index is 11.9. The zero-order chi connectivity index (χ0) is 15.4. The average molecular weight is 283 g/mol. The molecule has 5 nitrogen and oxygen atoms in total. The highest BCUT2D eigenvalue weighted by Crippen LogP contribution is 2.32. The number of carbonyl (C=O) groups excluding carboxylic acids is 1. The fourth-order valence-corrected chi connectivity index (χ4v) is 1.85. The Morgan fingerprint density at radius 1 is 1.20 bits per heavy atom. The average Bonchev–Trinajstić information content (AvgIpc) is 3.09. The van der Waals surface area contributed by atoms with Crippen molar-refractivity contribution in [3.8, 4) is 0 Å². The summed E-state index contributed by atoms with van der Waals surface area (Å²) in [6.07, 6.45) is 1.53. The summed E-state index contributed by atoms with van der Waals surface area (Å²) in [6, 6.07) is 0.543. The van der Waals surface area contributed by atoms with Crippen molar-refractivity contribution in [1.82, 2.24) is 10.0 Å². The molecule has 1 aliphatic rings. The molecule has 0 aromatic heterocycles. The molecule has 20 heavy (non-hydrogen) atoms. The number of hydrogen-bond donors (Lipinski definition) is 0. The third-order valence-electron chi connectivity index (χ3n) is 3.97. The molecule has 1 rings (SSSR count). The number of aliphatic imine (C=N–C) groups is 1. The van der Waals surface area contributed by atoms with Crippen LogP contribution in [-0.4, -0.2) is 47.2 Å². The highest BCUT2D eigenvalue weighted by atomic mass is 16.6. The Kier molecular flexibility index (Phi) is 5.99. The number of hydrazine groups is 1. The summed E-state index contributed by atoms with van der Waals surface area (Å²) in [5.41, 5.74) is 0. The largest absolute Gasteiger partial charge is 0.449 e. The van der Waals surface area contributed by atoms with Gasteiger partial charge in [0, 0.05) is 18.3 Å². The van der Waals surface area contributed by atoms with Crippen LogP contribution in [0.5, 0.6) is 0 Å². The van der Waals surface area contributed by atoms with Crippen molar-refractivity contribution in [3.05, 3.63) is 0 Å². The summed E-state index contributed by atoms with van der Waals surface area (Å²) in [7, 11) is 0. The van der Waals surface area contributed by atoms with E-state index in [1.807, 2.05) is 18.1 Å². The smallest absolute Gasteiger partial charge is 0.426 e. The summed E-state index contributed by atoms with van der Waals surface area (Å²) in [5.74, 6) is 0.963. The Hall–Kier alpha value is -1.10. The third kappa shape index (κ3) is 3.95. The molecule has 0 N–H and O–H groups in total. The van der Waals surface area contributed by atoms with Crippen LogP contribution in [0.2, 0.25) is 0 Å². The molecule has 1 heterocycles. The second kappa shape index (κ2) is 7.07. The van der Waals surface area contributed by atoms with Crippen LogP contribution in [0.15, 0.2) is 4.99 Å². The minimum atomic E-state index is -0.284. The fourth-order valence-electron chi connectivity index (χ4n) is 1.85. The van der Waals surface area contributed by atoms with Crippen molar-refractivity contribution in [1.29, 1.82) is 0 Å². The summed E-state index contributed by atoms with van der Waals surface area (Å²) in [6.45, 7) is 15.0. The number of nitrogens with zero attached hydrogens (tertiary/aromatic N) is 3. The lowest BCUT2D eigenvalue weighted by Gasteiger charge is -2.16. The quantitative estimate of drug-likeness (QED) is 0.555. The van der Waals surface area contributed by atoms with Gasteiger partial charge in [-0.05, 0) is 32.6 Å². The van der Waals surface area contributed by atoms with E-state index < -0.39 is 0 Å². The molecule has 0 aromatic carbocycles. The SMILES string of the molecule is CCOC(=O)N1C(C=NC(C)C(C)C)N1C(C)C(C)C. The number of carbonyl (C=O) groups is 1. The van der Waals surface area contributed by atoms with Crippen LogP contribution in [-0.2, 0) is 4.74 Å². The Bertz CT molecular complexity index is 355. The highest BCUT2D eigenvalue weighted by molar-refractivity contribution is 5.79. The van der Waals surface area contributed by atoms with E-state index in [1.54, 1.807) is 5.01 Å². The van der Waals surface area contributed by atoms with E-state index in [0.29, 0.717) is 18.4 Å². The molecule has 4 atom stereocenters. The molecule has 0 saturated carbocycles. The number of ether oxygens (including phenoxy) is 1. The first-order chi connectivity index (χ1) is 9.31. The van der Waals surface area contributed by atoms with E-state index in [-0.39, 0.29) is 24.3 Å². The monoisotopic (exact) mass is 283 g/mol. The van der Waals surface area contributed by atoms with Crippen molar-refractivity contribution in [2.45, 2.75) is 66.7 Å². The van der Waals surface area contributed by atoms with Crippen LogP contribution in [0, 0.1) is 11.8 Å². The van der Waals surface area contributed by atoms with Gasteiger partial charge in [0.2, 0.25) is 0 Å². The Balaban J connectivity index is 2.73. The van der Waals surface area contributed by atoms with E-state index >= 15 is 0 Å². The topological polar surface area (TPSA) is 44.7 Å². The van der Waals surface area contributed by atoms with Gasteiger partial charge in [0.1, 0.15) is 0 Å². The molecule has 0 aliphatic carbocycles. The molecule has 4 unspecified atom stereocenters. The van der Waals surface area contributed by atoms with Gasteiger partial charge in [0.25, 0.3) is 0 Å². The highest BCUT2D eigenvalue weighted by Gasteiger charge is 2.52. The summed E-state index contributed by atoms with van der Waals surface area (Å²) in [4.78, 5) is 16.5. The molecular weight excluding hydrogens is 254 g/mol. The van der Waals surface area contributed by atoms with Gasteiger partial charge in [0.15, 0.2) is 6.17 Å². The first kappa shape index (κ1) is 17.0. The van der Waals surface area contributed by atoms with Crippen molar-refractivity contribution >= 4 is 12.3 Å². The molecule has 1 fully saturated rings. The van der Waals surface area contributed by atoms with E-state index in [2.05, 4.69) is 46.5 Å². The molecule has 5 heteroatoms. The molecule has 1 saturated heterocycles. The second-order valence-corrected chi connectivity index (χ2v) is 6.10. The van der Waals surface area contributed by atoms with Gasteiger partial charge in [0.05, 0.1) is 6.61 Å². The van der Waals surface area contributed by atoms with Crippen LogP contribution in [0.1, 0.15) is 48.5 Å². The number of hydrogen-bond acceptors (Lipinski definition) is 4. The van der Waals surface area contributed by atoms with E-state index in [9.17, 15) is 4.79 Å². The van der Waals surface area contributed by atoms with Crippen molar-refractivity contribution in [2.24, 2.45) is 16.8 Å². The molecular formula is C15H29N3O2. The van der Waals surface area contributed by atoms with E-state index in [4.69, 9.17) is 4.74 Å². The molecule has 0 bridgehead atoms. The van der Waals surface area contributed by atoms with Gasteiger partial charge in [-0.25, -0.2) is 9.80 Å². The molecule has 0 radical (unpaired) electrons. The van der Waals surface area contributed by atoms with Crippen molar-refractivity contribution in [3.63, 3.8) is 0 Å². The third-order valence-corrected chi connectivity index (χ3v) is 3.97. The van der Waals surface area contributed by atoms with Crippen LogP contribution in [0.25, 0.3) is 0 Å². The molecule has 0 spiro atoms. The first-order valence-electron chi connectivity index (χ1n) is 7.58. The van der Waals surface area contributed by atoms with Crippen molar-refractivity contribution < 1.29 is 9.53 Å². The standard InChI is InChI=1S/C15H29N3O2/c1-8-20-15(19)18-14(9-16-12(6)10(2)3)17(18)13(7)11(4)5/h9-14H,8H2,1-7H3. The Morgan fingerprint density at radius 2 is 1.80 bits per heavy atom. The number of rotatable bonds is 6. The predicted molar refractivity (Wildman–Crippen MR) is 81.6 cm³/mol. The first-order valence-corrected chi connectivity index (χ1v) is 7.58. The van der Waals surface area contributed by atoms with Gasteiger partial charge >= 0.3 is 6.09 Å². The maximum Gasteiger partial charge on any atom is 0.426 e. The summed E-state index contributed by atoms with van der Waals surface area (Å²) in [5, 5.41) is 3.70. The summed E-state index contributed by atoms with van der Waals surface area (Å²) >= 11 is 0. The maximum atomic E-state index is 11.9. The van der Waals surface area contributed by atoms with Crippen LogP contribution < -0.4 is 0 Å². The van der Waals surface area contributed by atoms with Gasteiger partial charge in [-0.2, -0.15) is 5.01 Å². The van der Waals surface area contributed by atoms with Crippen LogP contribution >= 0.6 is 0 Å². The van der Waals surface area contributed by atoms with Crippen LogP contribution in [0.4, 0.5) is 4.79 Å². The molecule has 1 aliphatic heterocycles. The van der Waals surface area contributed by atoms with Gasteiger partial charge < -0.3 is 4.74 Å². The van der Waals surface area contributed by atoms with Gasteiger partial charge in [-0.3, -0.25) is 4.99 Å².